The summed E-state index contributed by atoms with van der Waals surface area (Å²) in [7, 11) is -3.63. The van der Waals surface area contributed by atoms with Crippen LogP contribution in [-0.2, 0) is 10.0 Å². The first-order valence-electron chi connectivity index (χ1n) is 8.98. The summed E-state index contributed by atoms with van der Waals surface area (Å²) in [5.41, 5.74) is 2.70. The number of carbonyl (C=O) groups is 1. The summed E-state index contributed by atoms with van der Waals surface area (Å²) in [6, 6.07) is 10.1. The number of piperazine rings is 1. The number of aromatic nitrogens is 1. The SMILES string of the molecule is CC(=O)c1ccc(S(=O)(=O)N2CCN(c3nc(C)cc(C)c3C#N)CC2)cc1. The van der Waals surface area contributed by atoms with E-state index in [0.29, 0.717) is 43.1 Å². The van der Waals surface area contributed by atoms with E-state index in [1.165, 1.54) is 35.5 Å². The fourth-order valence-electron chi connectivity index (χ4n) is 3.34. The summed E-state index contributed by atoms with van der Waals surface area (Å²) in [4.78, 5) is 18.0. The third-order valence-electron chi connectivity index (χ3n) is 4.87. The molecule has 0 unspecified atom stereocenters. The Bertz CT molecular complexity index is 1050. The second kappa shape index (κ2) is 7.70. The molecule has 1 aliphatic heterocycles. The Labute approximate surface area is 165 Å². The van der Waals surface area contributed by atoms with Crippen LogP contribution in [0.2, 0.25) is 0 Å². The number of pyridine rings is 1. The molecule has 0 amide bonds. The van der Waals surface area contributed by atoms with E-state index >= 15 is 0 Å². The van der Waals surface area contributed by atoms with Gasteiger partial charge in [0.1, 0.15) is 11.9 Å². The van der Waals surface area contributed by atoms with Gasteiger partial charge in [0.05, 0.1) is 10.5 Å². The van der Waals surface area contributed by atoms with Crippen molar-refractivity contribution in [2.45, 2.75) is 25.7 Å². The average Bonchev–Trinajstić information content (AvgIpc) is 2.67. The highest BCUT2D eigenvalue weighted by Crippen LogP contribution is 2.25. The van der Waals surface area contributed by atoms with E-state index < -0.39 is 10.0 Å². The second-order valence-corrected chi connectivity index (χ2v) is 8.80. The van der Waals surface area contributed by atoms with Crippen LogP contribution in [0.3, 0.4) is 0 Å². The monoisotopic (exact) mass is 398 g/mol. The molecular weight excluding hydrogens is 376 g/mol. The molecule has 0 spiro atoms. The predicted octanol–water partition coefficient (Wildman–Crippen LogP) is 2.28. The lowest BCUT2D eigenvalue weighted by atomic mass is 10.1. The van der Waals surface area contributed by atoms with Gasteiger partial charge in [0.15, 0.2) is 5.78 Å². The number of carbonyl (C=O) groups excluding carboxylic acids is 1. The highest BCUT2D eigenvalue weighted by Gasteiger charge is 2.30. The molecule has 3 rings (SSSR count). The molecule has 1 aromatic heterocycles. The van der Waals surface area contributed by atoms with E-state index in [9.17, 15) is 18.5 Å². The number of hydrogen-bond donors (Lipinski definition) is 0. The number of benzene rings is 1. The first kappa shape index (κ1) is 20.0. The third-order valence-corrected chi connectivity index (χ3v) is 6.79. The maximum absolute atomic E-state index is 12.9. The van der Waals surface area contributed by atoms with Gasteiger partial charge in [0, 0.05) is 37.4 Å². The van der Waals surface area contributed by atoms with Crippen LogP contribution in [0.1, 0.15) is 34.1 Å². The lowest BCUT2D eigenvalue weighted by Gasteiger charge is -2.35. The van der Waals surface area contributed by atoms with Gasteiger partial charge in [-0.05, 0) is 44.5 Å². The van der Waals surface area contributed by atoms with Crippen LogP contribution in [0.15, 0.2) is 35.2 Å². The Morgan fingerprint density at radius 2 is 1.71 bits per heavy atom. The Morgan fingerprint density at radius 3 is 2.25 bits per heavy atom. The number of ketones is 1. The maximum atomic E-state index is 12.9. The first-order chi connectivity index (χ1) is 13.2. The van der Waals surface area contributed by atoms with Crippen molar-refractivity contribution in [3.63, 3.8) is 0 Å². The molecule has 8 heteroatoms. The highest BCUT2D eigenvalue weighted by atomic mass is 32.2. The fourth-order valence-corrected chi connectivity index (χ4v) is 4.76. The number of anilines is 1. The van der Waals surface area contributed by atoms with E-state index in [0.717, 1.165) is 11.3 Å². The molecule has 146 valence electrons. The van der Waals surface area contributed by atoms with Gasteiger partial charge < -0.3 is 4.90 Å². The summed E-state index contributed by atoms with van der Waals surface area (Å²) in [6.45, 7) is 6.71. The lowest BCUT2D eigenvalue weighted by molar-refractivity contribution is 0.101. The van der Waals surface area contributed by atoms with Crippen molar-refractivity contribution >= 4 is 21.6 Å². The fraction of sp³-hybridized carbons (Fsp3) is 0.350. The Kier molecular flexibility index (Phi) is 5.49. The quantitative estimate of drug-likeness (QED) is 0.734. The van der Waals surface area contributed by atoms with Crippen LogP contribution >= 0.6 is 0 Å². The predicted molar refractivity (Wildman–Crippen MR) is 106 cm³/mol. The number of nitrogens with zero attached hydrogens (tertiary/aromatic N) is 4. The highest BCUT2D eigenvalue weighted by molar-refractivity contribution is 7.89. The zero-order valence-corrected chi connectivity index (χ0v) is 17.0. The molecule has 0 aliphatic carbocycles. The van der Waals surface area contributed by atoms with Gasteiger partial charge in [-0.25, -0.2) is 13.4 Å². The molecule has 0 N–H and O–H groups in total. The van der Waals surface area contributed by atoms with E-state index in [-0.39, 0.29) is 10.7 Å². The van der Waals surface area contributed by atoms with Gasteiger partial charge in [-0.2, -0.15) is 9.57 Å². The normalized spacial score (nSPS) is 15.3. The molecule has 7 nitrogen and oxygen atoms in total. The minimum absolute atomic E-state index is 0.105. The van der Waals surface area contributed by atoms with E-state index in [4.69, 9.17) is 0 Å². The van der Waals surface area contributed by atoms with Crippen LogP contribution < -0.4 is 4.90 Å². The number of Topliss-reactive ketones (excluding diaryl/α,β-unsaturated/α-hetero) is 1. The van der Waals surface area contributed by atoms with Crippen LogP contribution in [0, 0.1) is 25.2 Å². The van der Waals surface area contributed by atoms with Gasteiger partial charge in [-0.15, -0.1) is 0 Å². The standard InChI is InChI=1S/C20H22N4O3S/c1-14-12-15(2)22-20(19(14)13-21)23-8-10-24(11-9-23)28(26,27)18-6-4-17(5-7-18)16(3)25/h4-7,12H,8-11H2,1-3H3. The molecule has 1 aromatic carbocycles. The van der Waals surface area contributed by atoms with Gasteiger partial charge in [0.2, 0.25) is 10.0 Å². The van der Waals surface area contributed by atoms with Crippen molar-refractivity contribution in [3.8, 4) is 6.07 Å². The molecule has 0 saturated carbocycles. The molecule has 0 bridgehead atoms. The van der Waals surface area contributed by atoms with Crippen molar-refractivity contribution in [2.75, 3.05) is 31.1 Å². The summed E-state index contributed by atoms with van der Waals surface area (Å²) < 4.78 is 27.2. The molecule has 2 heterocycles. The van der Waals surface area contributed by atoms with Crippen molar-refractivity contribution in [1.29, 1.82) is 5.26 Å². The van der Waals surface area contributed by atoms with Crippen LogP contribution in [-0.4, -0.2) is 49.7 Å². The van der Waals surface area contributed by atoms with E-state index in [1.54, 1.807) is 0 Å². The Hall–Kier alpha value is -2.76. The smallest absolute Gasteiger partial charge is 0.243 e. The molecule has 1 aliphatic rings. The number of aryl methyl sites for hydroxylation is 2. The molecule has 0 radical (unpaired) electrons. The third kappa shape index (κ3) is 3.77. The van der Waals surface area contributed by atoms with Crippen molar-refractivity contribution in [1.82, 2.24) is 9.29 Å². The van der Waals surface area contributed by atoms with Gasteiger partial charge >= 0.3 is 0 Å². The van der Waals surface area contributed by atoms with Crippen LogP contribution in [0.5, 0.6) is 0 Å². The topological polar surface area (TPSA) is 94.4 Å². The zero-order chi connectivity index (χ0) is 20.5. The van der Waals surface area contributed by atoms with E-state index in [1.807, 2.05) is 24.8 Å². The van der Waals surface area contributed by atoms with Crippen LogP contribution in [0.4, 0.5) is 5.82 Å². The van der Waals surface area contributed by atoms with E-state index in [2.05, 4.69) is 11.1 Å². The molecule has 1 saturated heterocycles. The van der Waals surface area contributed by atoms with Gasteiger partial charge in [-0.3, -0.25) is 4.79 Å². The molecule has 1 fully saturated rings. The molecule has 0 atom stereocenters. The van der Waals surface area contributed by atoms with Crippen LogP contribution in [0.25, 0.3) is 0 Å². The average molecular weight is 398 g/mol. The van der Waals surface area contributed by atoms with Crippen molar-refractivity contribution in [3.05, 3.63) is 52.7 Å². The number of hydrogen-bond acceptors (Lipinski definition) is 6. The summed E-state index contributed by atoms with van der Waals surface area (Å²) in [5.74, 6) is 0.509. The van der Waals surface area contributed by atoms with Gasteiger partial charge in [-0.1, -0.05) is 12.1 Å². The first-order valence-corrected chi connectivity index (χ1v) is 10.4. The Balaban J connectivity index is 1.78. The van der Waals surface area contributed by atoms with Crippen molar-refractivity contribution < 1.29 is 13.2 Å². The van der Waals surface area contributed by atoms with Crippen molar-refractivity contribution in [2.24, 2.45) is 0 Å². The minimum Gasteiger partial charge on any atom is -0.353 e. The maximum Gasteiger partial charge on any atom is 0.243 e. The largest absolute Gasteiger partial charge is 0.353 e. The van der Waals surface area contributed by atoms with Gasteiger partial charge in [0.25, 0.3) is 0 Å². The number of nitriles is 1. The summed E-state index contributed by atoms with van der Waals surface area (Å²) >= 11 is 0. The second-order valence-electron chi connectivity index (χ2n) is 6.86. The minimum atomic E-state index is -3.63. The zero-order valence-electron chi connectivity index (χ0n) is 16.1. The lowest BCUT2D eigenvalue weighted by Crippen LogP contribution is -2.49. The Morgan fingerprint density at radius 1 is 1.11 bits per heavy atom. The summed E-state index contributed by atoms with van der Waals surface area (Å²) in [5, 5.41) is 9.47. The molecular formula is C20H22N4O3S. The number of rotatable bonds is 4. The molecule has 2 aromatic rings. The molecule has 28 heavy (non-hydrogen) atoms. The summed E-state index contributed by atoms with van der Waals surface area (Å²) in [6.07, 6.45) is 0. The number of sulfonamides is 1.